The summed E-state index contributed by atoms with van der Waals surface area (Å²) in [5, 5.41) is 0. The third-order valence-corrected chi connectivity index (χ3v) is 9.85. The average Bonchev–Trinajstić information content (AvgIpc) is 3.27. The lowest BCUT2D eigenvalue weighted by atomic mass is 9.81. The first-order valence-electron chi connectivity index (χ1n) is 11.6. The van der Waals surface area contributed by atoms with Gasteiger partial charge in [-0.05, 0) is 74.8 Å². The number of ether oxygens (including phenoxy) is 1. The van der Waals surface area contributed by atoms with Crippen LogP contribution < -0.4 is 0 Å². The Morgan fingerprint density at radius 2 is 1.70 bits per heavy atom. The van der Waals surface area contributed by atoms with E-state index in [1.165, 1.54) is 24.3 Å². The molecule has 0 N–H and O–H groups in total. The molecule has 1 saturated carbocycles. The van der Waals surface area contributed by atoms with E-state index >= 15 is 0 Å². The Hall–Kier alpha value is -2.25. The standard InChI is InChI=1S/C26H32FNO4S/c1-19-3-9-22(10-4-19)26(33(30,31)24-13-11-23(27)12-14-24)15-16-28(18-26)25(29)21-7-5-20(6-8-21)17-32-2/h3-4,9-14,20-21H,5-8,15-18H2,1-2H3. The van der Waals surface area contributed by atoms with Crippen LogP contribution in [0.25, 0.3) is 0 Å². The lowest BCUT2D eigenvalue weighted by Crippen LogP contribution is -2.42. The summed E-state index contributed by atoms with van der Waals surface area (Å²) in [6, 6.07) is 12.5. The van der Waals surface area contributed by atoms with Gasteiger partial charge in [-0.1, -0.05) is 29.8 Å². The molecule has 0 radical (unpaired) electrons. The smallest absolute Gasteiger partial charge is 0.225 e. The first-order chi connectivity index (χ1) is 15.8. The predicted molar refractivity (Wildman–Crippen MR) is 125 cm³/mol. The normalized spacial score (nSPS) is 25.8. The van der Waals surface area contributed by atoms with Crippen molar-refractivity contribution in [2.24, 2.45) is 11.8 Å². The number of rotatable bonds is 6. The van der Waals surface area contributed by atoms with Crippen molar-refractivity contribution in [1.82, 2.24) is 4.90 Å². The first-order valence-corrected chi connectivity index (χ1v) is 13.1. The fraction of sp³-hybridized carbons (Fsp3) is 0.500. The van der Waals surface area contributed by atoms with Gasteiger partial charge >= 0.3 is 0 Å². The summed E-state index contributed by atoms with van der Waals surface area (Å²) >= 11 is 0. The minimum atomic E-state index is -3.87. The molecule has 1 unspecified atom stereocenters. The summed E-state index contributed by atoms with van der Waals surface area (Å²) in [4.78, 5) is 15.2. The Labute approximate surface area is 195 Å². The predicted octanol–water partition coefficient (Wildman–Crippen LogP) is 4.49. The third-order valence-electron chi connectivity index (χ3n) is 7.36. The molecule has 1 aliphatic heterocycles. The van der Waals surface area contributed by atoms with Crippen molar-refractivity contribution in [3.8, 4) is 0 Å². The van der Waals surface area contributed by atoms with Gasteiger partial charge in [-0.15, -0.1) is 0 Å². The van der Waals surface area contributed by atoms with Gasteiger partial charge in [-0.3, -0.25) is 4.79 Å². The molecule has 178 valence electrons. The van der Waals surface area contributed by atoms with E-state index < -0.39 is 20.4 Å². The first kappa shape index (κ1) is 23.9. The number of carbonyl (C=O) groups is 1. The van der Waals surface area contributed by atoms with Gasteiger partial charge in [0.15, 0.2) is 9.84 Å². The molecule has 1 amide bonds. The Morgan fingerprint density at radius 3 is 2.30 bits per heavy atom. The van der Waals surface area contributed by atoms with E-state index in [4.69, 9.17) is 4.74 Å². The van der Waals surface area contributed by atoms with Crippen LogP contribution in [-0.2, 0) is 24.1 Å². The van der Waals surface area contributed by atoms with Crippen LogP contribution in [0, 0.1) is 24.6 Å². The zero-order valence-electron chi connectivity index (χ0n) is 19.3. The topological polar surface area (TPSA) is 63.7 Å². The highest BCUT2D eigenvalue weighted by atomic mass is 32.2. The summed E-state index contributed by atoms with van der Waals surface area (Å²) in [7, 11) is -2.17. The van der Waals surface area contributed by atoms with Crippen molar-refractivity contribution in [2.75, 3.05) is 26.8 Å². The number of halogens is 1. The molecule has 7 heteroatoms. The molecular weight excluding hydrogens is 441 g/mol. The fourth-order valence-electron chi connectivity index (χ4n) is 5.35. The van der Waals surface area contributed by atoms with Crippen LogP contribution in [0.4, 0.5) is 4.39 Å². The van der Waals surface area contributed by atoms with Crippen LogP contribution in [0.2, 0.25) is 0 Å². The number of sulfone groups is 1. The number of nitrogens with zero attached hydrogens (tertiary/aromatic N) is 1. The summed E-state index contributed by atoms with van der Waals surface area (Å²) in [6.45, 7) is 3.18. The Kier molecular flexibility index (Phi) is 6.91. The quantitative estimate of drug-likeness (QED) is 0.580. The minimum absolute atomic E-state index is 0.0501. The van der Waals surface area contributed by atoms with Gasteiger partial charge in [0.25, 0.3) is 0 Å². The molecule has 2 aromatic carbocycles. The van der Waals surface area contributed by atoms with E-state index in [0.29, 0.717) is 24.4 Å². The number of aryl methyl sites for hydroxylation is 1. The van der Waals surface area contributed by atoms with Gasteiger partial charge in [-0.25, -0.2) is 12.8 Å². The molecule has 1 aliphatic carbocycles. The van der Waals surface area contributed by atoms with Crippen LogP contribution in [0.1, 0.15) is 43.2 Å². The summed E-state index contributed by atoms with van der Waals surface area (Å²) in [5.74, 6) is -0.0108. The highest BCUT2D eigenvalue weighted by Crippen LogP contribution is 2.44. The lowest BCUT2D eigenvalue weighted by Gasteiger charge is -2.32. The molecule has 0 spiro atoms. The van der Waals surface area contributed by atoms with E-state index in [-0.39, 0.29) is 23.3 Å². The molecule has 5 nitrogen and oxygen atoms in total. The number of methoxy groups -OCH3 is 1. The molecule has 1 atom stereocenters. The van der Waals surface area contributed by atoms with Crippen molar-refractivity contribution in [3.05, 3.63) is 65.5 Å². The van der Waals surface area contributed by atoms with Gasteiger partial charge in [0.1, 0.15) is 10.6 Å². The molecule has 2 aromatic rings. The molecule has 33 heavy (non-hydrogen) atoms. The molecule has 2 aliphatic rings. The molecule has 0 aromatic heterocycles. The lowest BCUT2D eigenvalue weighted by molar-refractivity contribution is -0.136. The number of hydrogen-bond donors (Lipinski definition) is 0. The second-order valence-electron chi connectivity index (χ2n) is 9.50. The molecule has 4 rings (SSSR count). The summed E-state index contributed by atoms with van der Waals surface area (Å²) < 4.78 is 45.4. The monoisotopic (exact) mass is 473 g/mol. The second kappa shape index (κ2) is 9.55. The number of hydrogen-bond acceptors (Lipinski definition) is 4. The third kappa shape index (κ3) is 4.58. The zero-order valence-corrected chi connectivity index (χ0v) is 20.1. The van der Waals surface area contributed by atoms with Gasteiger partial charge in [0.05, 0.1) is 4.90 Å². The van der Waals surface area contributed by atoms with Gasteiger partial charge < -0.3 is 9.64 Å². The number of benzene rings is 2. The van der Waals surface area contributed by atoms with E-state index in [0.717, 1.165) is 37.9 Å². The SMILES string of the molecule is COCC1CCC(C(=O)N2CCC(c3ccc(C)cc3)(S(=O)(=O)c3ccc(F)cc3)C2)CC1. The van der Waals surface area contributed by atoms with Crippen molar-refractivity contribution in [1.29, 1.82) is 0 Å². The highest BCUT2D eigenvalue weighted by molar-refractivity contribution is 7.92. The number of carbonyl (C=O) groups excluding carboxylic acids is 1. The molecular formula is C26H32FNO4S. The minimum Gasteiger partial charge on any atom is -0.384 e. The molecule has 1 saturated heterocycles. The zero-order chi connectivity index (χ0) is 23.6. The second-order valence-corrected chi connectivity index (χ2v) is 11.8. The van der Waals surface area contributed by atoms with Crippen LogP contribution in [0.5, 0.6) is 0 Å². The van der Waals surface area contributed by atoms with Gasteiger partial charge in [0.2, 0.25) is 5.91 Å². The van der Waals surface area contributed by atoms with Crippen molar-refractivity contribution in [2.45, 2.75) is 48.7 Å². The van der Waals surface area contributed by atoms with E-state index in [9.17, 15) is 17.6 Å². The van der Waals surface area contributed by atoms with Gasteiger partial charge in [0, 0.05) is 32.7 Å². The highest BCUT2D eigenvalue weighted by Gasteiger charge is 2.52. The Bertz CT molecular complexity index is 1080. The van der Waals surface area contributed by atoms with Crippen molar-refractivity contribution in [3.63, 3.8) is 0 Å². The maximum atomic E-state index is 13.9. The largest absolute Gasteiger partial charge is 0.384 e. The summed E-state index contributed by atoms with van der Waals surface area (Å²) in [5.41, 5.74) is 1.71. The Morgan fingerprint density at radius 1 is 1.06 bits per heavy atom. The van der Waals surface area contributed by atoms with Crippen LogP contribution >= 0.6 is 0 Å². The fourth-order valence-corrected chi connectivity index (χ4v) is 7.42. The van der Waals surface area contributed by atoms with Crippen LogP contribution in [0.15, 0.2) is 53.4 Å². The molecule has 1 heterocycles. The number of likely N-dealkylation sites (tertiary alicyclic amines) is 1. The van der Waals surface area contributed by atoms with E-state index in [2.05, 4.69) is 0 Å². The van der Waals surface area contributed by atoms with Crippen LogP contribution in [-0.4, -0.2) is 46.0 Å². The van der Waals surface area contributed by atoms with Crippen molar-refractivity contribution >= 4 is 15.7 Å². The Balaban J connectivity index is 1.63. The molecule has 2 fully saturated rings. The maximum absolute atomic E-state index is 13.9. The van der Waals surface area contributed by atoms with E-state index in [1.807, 2.05) is 31.2 Å². The number of amides is 1. The molecule has 0 bridgehead atoms. The average molecular weight is 474 g/mol. The van der Waals surface area contributed by atoms with Crippen molar-refractivity contribution < 1.29 is 22.3 Å². The summed E-state index contributed by atoms with van der Waals surface area (Å²) in [6.07, 6.45) is 3.85. The maximum Gasteiger partial charge on any atom is 0.225 e. The van der Waals surface area contributed by atoms with Gasteiger partial charge in [-0.2, -0.15) is 0 Å². The van der Waals surface area contributed by atoms with E-state index in [1.54, 1.807) is 12.0 Å². The van der Waals surface area contributed by atoms with Crippen LogP contribution in [0.3, 0.4) is 0 Å².